The van der Waals surface area contributed by atoms with Gasteiger partial charge in [-0.2, -0.15) is 5.26 Å². The van der Waals surface area contributed by atoms with Gasteiger partial charge in [-0.25, -0.2) is 13.4 Å². The molecule has 0 amide bonds. The molecule has 2 aromatic carbocycles. The SMILES string of the molecule is CS(=O)(=O)c1cccc(-c2ccnc(N3C4CCN(c5ccc(C#N)cc5)CC4N[C@@H]4CCCCC43)c2)c1. The lowest BCUT2D eigenvalue weighted by Gasteiger charge is -2.56. The van der Waals surface area contributed by atoms with Crippen molar-refractivity contribution < 1.29 is 8.42 Å². The lowest BCUT2D eigenvalue weighted by Crippen LogP contribution is -2.72. The Morgan fingerprint density at radius 2 is 1.71 bits per heavy atom. The standard InChI is InChI=1S/C30H33N5O2S/c1-38(36,37)25-6-4-5-22(17-25)23-13-15-32-30(18-23)35-28-8-3-2-7-26(28)33-27-20-34(16-14-29(27)35)24-11-9-21(19-31)10-12-24/h4-6,9-13,15,17-18,26-29,33H,2-3,7-8,14,16,20H2,1H3/t26-,27?,28?,29?/m1/s1. The molecular formula is C30H33N5O2S. The minimum atomic E-state index is -3.28. The molecule has 38 heavy (non-hydrogen) atoms. The number of hydrogen-bond donors (Lipinski definition) is 1. The van der Waals surface area contributed by atoms with E-state index < -0.39 is 9.84 Å². The highest BCUT2D eigenvalue weighted by atomic mass is 32.2. The first-order valence-electron chi connectivity index (χ1n) is 13.5. The molecule has 8 heteroatoms. The van der Waals surface area contributed by atoms with Gasteiger partial charge in [-0.1, -0.05) is 25.0 Å². The monoisotopic (exact) mass is 527 g/mol. The quantitative estimate of drug-likeness (QED) is 0.538. The molecule has 2 saturated heterocycles. The number of nitriles is 1. The lowest BCUT2D eigenvalue weighted by molar-refractivity contribution is 0.188. The van der Waals surface area contributed by atoms with E-state index in [1.165, 1.54) is 19.1 Å². The van der Waals surface area contributed by atoms with Gasteiger partial charge in [0.15, 0.2) is 9.84 Å². The Labute approximate surface area is 225 Å². The predicted molar refractivity (Wildman–Crippen MR) is 150 cm³/mol. The van der Waals surface area contributed by atoms with E-state index in [0.717, 1.165) is 55.0 Å². The summed E-state index contributed by atoms with van der Waals surface area (Å²) < 4.78 is 24.3. The molecule has 0 radical (unpaired) electrons. The van der Waals surface area contributed by atoms with Crippen molar-refractivity contribution in [2.24, 2.45) is 0 Å². The molecule has 196 valence electrons. The van der Waals surface area contributed by atoms with Crippen LogP contribution in [0.15, 0.2) is 71.8 Å². The molecule has 1 aromatic heterocycles. The van der Waals surface area contributed by atoms with Crippen LogP contribution in [0.2, 0.25) is 0 Å². The number of fused-ring (bicyclic) bond motifs is 2. The largest absolute Gasteiger partial charge is 0.370 e. The summed E-state index contributed by atoms with van der Waals surface area (Å²) in [4.78, 5) is 10.2. The second-order valence-corrected chi connectivity index (χ2v) is 12.8. The fourth-order valence-corrected chi connectivity index (χ4v) is 7.23. The first-order chi connectivity index (χ1) is 18.4. The maximum atomic E-state index is 12.2. The summed E-state index contributed by atoms with van der Waals surface area (Å²) in [5, 5.41) is 13.2. The second-order valence-electron chi connectivity index (χ2n) is 10.8. The number of rotatable bonds is 4. The number of piperazine rings is 1. The second kappa shape index (κ2) is 10.0. The van der Waals surface area contributed by atoms with Crippen molar-refractivity contribution in [1.29, 1.82) is 5.26 Å². The van der Waals surface area contributed by atoms with Crippen LogP contribution in [0.1, 0.15) is 37.7 Å². The Morgan fingerprint density at radius 3 is 2.50 bits per heavy atom. The molecule has 3 fully saturated rings. The fraction of sp³-hybridized carbons (Fsp3) is 0.400. The number of piperidine rings is 1. The van der Waals surface area contributed by atoms with Gasteiger partial charge in [0.05, 0.1) is 16.5 Å². The number of pyridine rings is 1. The van der Waals surface area contributed by atoms with E-state index in [9.17, 15) is 13.7 Å². The molecule has 3 aromatic rings. The smallest absolute Gasteiger partial charge is 0.175 e. The maximum absolute atomic E-state index is 12.2. The minimum absolute atomic E-state index is 0.303. The van der Waals surface area contributed by atoms with Gasteiger partial charge in [0, 0.05) is 55.4 Å². The van der Waals surface area contributed by atoms with Gasteiger partial charge in [-0.15, -0.1) is 0 Å². The van der Waals surface area contributed by atoms with Gasteiger partial charge in [-0.3, -0.25) is 0 Å². The minimum Gasteiger partial charge on any atom is -0.370 e. The maximum Gasteiger partial charge on any atom is 0.175 e. The highest BCUT2D eigenvalue weighted by Crippen LogP contribution is 2.38. The van der Waals surface area contributed by atoms with E-state index in [-0.39, 0.29) is 0 Å². The van der Waals surface area contributed by atoms with E-state index in [4.69, 9.17) is 4.98 Å². The van der Waals surface area contributed by atoms with Crippen molar-refractivity contribution in [2.45, 2.75) is 61.2 Å². The summed E-state index contributed by atoms with van der Waals surface area (Å²) >= 11 is 0. The topological polar surface area (TPSA) is 89.3 Å². The Kier molecular flexibility index (Phi) is 6.58. The van der Waals surface area contributed by atoms with Crippen molar-refractivity contribution >= 4 is 21.3 Å². The zero-order chi connectivity index (χ0) is 26.3. The Hall–Kier alpha value is -3.41. The highest BCUT2D eigenvalue weighted by molar-refractivity contribution is 7.90. The number of anilines is 2. The summed E-state index contributed by atoms with van der Waals surface area (Å²) in [5.41, 5.74) is 3.72. The highest BCUT2D eigenvalue weighted by Gasteiger charge is 2.46. The molecule has 4 atom stereocenters. The van der Waals surface area contributed by atoms with Crippen molar-refractivity contribution in [3.63, 3.8) is 0 Å². The Balaban J connectivity index is 1.32. The van der Waals surface area contributed by atoms with Gasteiger partial charge in [-0.05, 0) is 78.9 Å². The number of nitrogens with zero attached hydrogens (tertiary/aromatic N) is 4. The van der Waals surface area contributed by atoms with Gasteiger partial charge < -0.3 is 15.1 Å². The van der Waals surface area contributed by atoms with Crippen molar-refractivity contribution in [3.05, 3.63) is 72.4 Å². The molecule has 3 unspecified atom stereocenters. The number of aromatic nitrogens is 1. The molecule has 0 spiro atoms. The fourth-order valence-electron chi connectivity index (χ4n) is 6.56. The van der Waals surface area contributed by atoms with E-state index in [0.29, 0.717) is 34.6 Å². The molecule has 1 saturated carbocycles. The van der Waals surface area contributed by atoms with Crippen LogP contribution in [0.4, 0.5) is 11.5 Å². The van der Waals surface area contributed by atoms with Crippen LogP contribution in [-0.2, 0) is 9.84 Å². The third-order valence-electron chi connectivity index (χ3n) is 8.42. The molecule has 3 aliphatic rings. The number of nitrogens with one attached hydrogen (secondary N) is 1. The van der Waals surface area contributed by atoms with Crippen LogP contribution in [0.3, 0.4) is 0 Å². The summed E-state index contributed by atoms with van der Waals surface area (Å²) in [6.45, 7) is 1.85. The summed E-state index contributed by atoms with van der Waals surface area (Å²) in [6, 6.07) is 22.9. The summed E-state index contributed by atoms with van der Waals surface area (Å²) in [6.07, 6.45) is 8.90. The van der Waals surface area contributed by atoms with E-state index in [2.05, 4.69) is 39.4 Å². The molecule has 7 nitrogen and oxygen atoms in total. The number of benzene rings is 2. The van der Waals surface area contributed by atoms with Crippen LogP contribution in [0.25, 0.3) is 11.1 Å². The average Bonchev–Trinajstić information content (AvgIpc) is 2.95. The van der Waals surface area contributed by atoms with Gasteiger partial charge >= 0.3 is 0 Å². The third kappa shape index (κ3) is 4.77. The normalized spacial score (nSPS) is 25.3. The van der Waals surface area contributed by atoms with Crippen LogP contribution < -0.4 is 15.1 Å². The molecular weight excluding hydrogens is 494 g/mol. The van der Waals surface area contributed by atoms with Crippen LogP contribution >= 0.6 is 0 Å². The van der Waals surface area contributed by atoms with Crippen LogP contribution in [-0.4, -0.2) is 56.9 Å². The first kappa shape index (κ1) is 24.9. The zero-order valence-corrected chi connectivity index (χ0v) is 22.4. The van der Waals surface area contributed by atoms with Gasteiger partial charge in [0.2, 0.25) is 0 Å². The van der Waals surface area contributed by atoms with Gasteiger partial charge in [0.1, 0.15) is 5.82 Å². The predicted octanol–water partition coefficient (Wildman–Crippen LogP) is 4.39. The average molecular weight is 528 g/mol. The van der Waals surface area contributed by atoms with Crippen molar-refractivity contribution in [1.82, 2.24) is 10.3 Å². The van der Waals surface area contributed by atoms with E-state index in [1.54, 1.807) is 12.1 Å². The molecule has 1 N–H and O–H groups in total. The van der Waals surface area contributed by atoms with Crippen LogP contribution in [0.5, 0.6) is 0 Å². The lowest BCUT2D eigenvalue weighted by atomic mass is 9.81. The van der Waals surface area contributed by atoms with Crippen LogP contribution in [0, 0.1) is 11.3 Å². The molecule has 3 heterocycles. The van der Waals surface area contributed by atoms with Crippen molar-refractivity contribution in [3.8, 4) is 17.2 Å². The van der Waals surface area contributed by atoms with E-state index >= 15 is 0 Å². The van der Waals surface area contributed by atoms with E-state index in [1.807, 2.05) is 36.5 Å². The summed E-state index contributed by atoms with van der Waals surface area (Å²) in [5.74, 6) is 0.979. The van der Waals surface area contributed by atoms with Gasteiger partial charge in [0.25, 0.3) is 0 Å². The Morgan fingerprint density at radius 1 is 0.947 bits per heavy atom. The molecule has 1 aliphatic carbocycles. The summed E-state index contributed by atoms with van der Waals surface area (Å²) in [7, 11) is -3.28. The molecule has 6 rings (SSSR count). The third-order valence-corrected chi connectivity index (χ3v) is 9.53. The van der Waals surface area contributed by atoms with Crippen molar-refractivity contribution in [2.75, 3.05) is 29.1 Å². The Bertz CT molecular complexity index is 1470. The molecule has 0 bridgehead atoms. The first-order valence-corrected chi connectivity index (χ1v) is 15.4. The number of hydrogen-bond acceptors (Lipinski definition) is 7. The zero-order valence-electron chi connectivity index (χ0n) is 21.6. The molecule has 2 aliphatic heterocycles. The number of sulfone groups is 1.